The third-order valence-electron chi connectivity index (χ3n) is 4.87. The van der Waals surface area contributed by atoms with Gasteiger partial charge >= 0.3 is 5.97 Å². The molecular weight excluding hydrogens is 417 g/mol. The minimum atomic E-state index is -0.744. The number of nitrogens with one attached hydrogen (secondary N) is 3. The van der Waals surface area contributed by atoms with E-state index >= 15 is 0 Å². The van der Waals surface area contributed by atoms with Gasteiger partial charge in [0.15, 0.2) is 11.6 Å². The molecule has 2 heterocycles. The van der Waals surface area contributed by atoms with Crippen LogP contribution in [-0.2, 0) is 23.1 Å². The zero-order chi connectivity index (χ0) is 23.4. The molecule has 0 aliphatic carbocycles. The van der Waals surface area contributed by atoms with E-state index < -0.39 is 17.9 Å². The molecule has 3 rings (SSSR count). The average Bonchev–Trinajstić information content (AvgIpc) is 3.09. The van der Waals surface area contributed by atoms with Gasteiger partial charge in [-0.15, -0.1) is 0 Å². The summed E-state index contributed by atoms with van der Waals surface area (Å²) in [5.41, 5.74) is 14.4. The molecule has 1 aromatic carbocycles. The summed E-state index contributed by atoms with van der Waals surface area (Å²) >= 11 is 0. The number of esters is 1. The lowest BCUT2D eigenvalue weighted by molar-refractivity contribution is 0.0591. The molecule has 0 radical (unpaired) electrons. The Morgan fingerprint density at radius 3 is 2.84 bits per heavy atom. The lowest BCUT2D eigenvalue weighted by atomic mass is 10.0. The predicted octanol–water partition coefficient (Wildman–Crippen LogP) is 1.29. The lowest BCUT2D eigenvalue weighted by Gasteiger charge is -2.25. The van der Waals surface area contributed by atoms with Crippen molar-refractivity contribution in [3.8, 4) is 6.07 Å². The normalized spacial score (nSPS) is 14.1. The van der Waals surface area contributed by atoms with Crippen LogP contribution in [0.5, 0.6) is 0 Å². The predicted molar refractivity (Wildman–Crippen MR) is 113 cm³/mol. The number of hydrogen-bond donors (Lipinski definition) is 4. The van der Waals surface area contributed by atoms with Crippen LogP contribution < -0.4 is 21.9 Å². The van der Waals surface area contributed by atoms with Crippen molar-refractivity contribution < 1.29 is 18.7 Å². The van der Waals surface area contributed by atoms with Crippen molar-refractivity contribution in [3.05, 3.63) is 69.8 Å². The number of nitrogens with two attached hydrogens (primary N) is 1. The summed E-state index contributed by atoms with van der Waals surface area (Å²) in [6.07, 6.45) is 0.878. The van der Waals surface area contributed by atoms with E-state index in [1.54, 1.807) is 27.1 Å². The zero-order valence-corrected chi connectivity index (χ0v) is 18.1. The molecule has 0 bridgehead atoms. The van der Waals surface area contributed by atoms with Crippen LogP contribution in [0.1, 0.15) is 45.9 Å². The fourth-order valence-corrected chi connectivity index (χ4v) is 3.38. The summed E-state index contributed by atoms with van der Waals surface area (Å²) in [6.45, 7) is 2.09. The molecule has 0 unspecified atom stereocenters. The number of aryl methyl sites for hydroxylation is 1. The van der Waals surface area contributed by atoms with Crippen LogP contribution in [0.15, 0.2) is 35.9 Å². The van der Waals surface area contributed by atoms with Crippen LogP contribution in [0.4, 0.5) is 4.39 Å². The molecule has 10 nitrogen and oxygen atoms in total. The Morgan fingerprint density at radius 2 is 2.19 bits per heavy atom. The topological polar surface area (TPSA) is 139 Å². The number of nitrogens with zero attached hydrogens (tertiary/aromatic N) is 3. The molecule has 11 heteroatoms. The zero-order valence-electron chi connectivity index (χ0n) is 18.1. The number of carbonyl (C=O) groups excluding carboxylic acids is 1. The molecule has 2 aromatic rings. The number of ether oxygens (including phenoxy) is 2. The van der Waals surface area contributed by atoms with Crippen LogP contribution >= 0.6 is 0 Å². The van der Waals surface area contributed by atoms with Gasteiger partial charge in [-0.3, -0.25) is 15.5 Å². The van der Waals surface area contributed by atoms with E-state index in [-0.39, 0.29) is 17.1 Å². The smallest absolute Gasteiger partial charge is 0.338 e. The first kappa shape index (κ1) is 22.6. The van der Waals surface area contributed by atoms with Crippen molar-refractivity contribution in [1.82, 2.24) is 25.9 Å². The van der Waals surface area contributed by atoms with Gasteiger partial charge < -0.3 is 20.5 Å². The number of carbonyl (C=O) groups is 1. The second kappa shape index (κ2) is 9.40. The molecule has 0 saturated carbocycles. The van der Waals surface area contributed by atoms with Crippen molar-refractivity contribution in [2.75, 3.05) is 14.2 Å². The summed E-state index contributed by atoms with van der Waals surface area (Å²) < 4.78 is 26.2. The van der Waals surface area contributed by atoms with E-state index in [9.17, 15) is 14.4 Å². The SMILES string of the molecule is CNCc1nn(C)c(C#N)c1C1=CC(O[C@H](C)c2cc(F)ccc2C(=O)OC)=C(N)NN1. The average molecular weight is 441 g/mol. The maximum absolute atomic E-state index is 13.9. The monoisotopic (exact) mass is 441 g/mol. The molecule has 0 spiro atoms. The van der Waals surface area contributed by atoms with Gasteiger partial charge in [-0.2, -0.15) is 10.4 Å². The van der Waals surface area contributed by atoms with Gasteiger partial charge in [0.2, 0.25) is 0 Å². The summed E-state index contributed by atoms with van der Waals surface area (Å²) in [4.78, 5) is 12.1. The highest BCUT2D eigenvalue weighted by molar-refractivity contribution is 5.91. The first-order valence-corrected chi connectivity index (χ1v) is 9.69. The molecule has 32 heavy (non-hydrogen) atoms. The summed E-state index contributed by atoms with van der Waals surface area (Å²) in [7, 11) is 4.70. The van der Waals surface area contributed by atoms with Crippen molar-refractivity contribution in [2.24, 2.45) is 12.8 Å². The van der Waals surface area contributed by atoms with E-state index in [0.29, 0.717) is 34.8 Å². The number of rotatable bonds is 7. The summed E-state index contributed by atoms with van der Waals surface area (Å²) in [5.74, 6) is -0.707. The van der Waals surface area contributed by atoms with Crippen LogP contribution in [-0.4, -0.2) is 29.9 Å². The largest absolute Gasteiger partial charge is 0.482 e. The number of methoxy groups -OCH3 is 1. The Morgan fingerprint density at radius 1 is 1.44 bits per heavy atom. The minimum Gasteiger partial charge on any atom is -0.482 e. The molecule has 0 fully saturated rings. The van der Waals surface area contributed by atoms with Crippen molar-refractivity contribution in [2.45, 2.75) is 19.6 Å². The second-order valence-corrected chi connectivity index (χ2v) is 7.01. The van der Waals surface area contributed by atoms with Gasteiger partial charge in [0.05, 0.1) is 29.6 Å². The molecule has 1 atom stereocenters. The van der Waals surface area contributed by atoms with Gasteiger partial charge in [0, 0.05) is 25.2 Å². The molecule has 1 aliphatic heterocycles. The first-order chi connectivity index (χ1) is 15.3. The maximum Gasteiger partial charge on any atom is 0.338 e. The molecule has 0 saturated heterocycles. The highest BCUT2D eigenvalue weighted by atomic mass is 19.1. The third-order valence-corrected chi connectivity index (χ3v) is 4.87. The Kier molecular flexibility index (Phi) is 6.65. The van der Waals surface area contributed by atoms with Gasteiger partial charge in [-0.25, -0.2) is 9.18 Å². The number of allylic oxidation sites excluding steroid dienone is 1. The van der Waals surface area contributed by atoms with Gasteiger partial charge in [-0.1, -0.05) is 0 Å². The molecular formula is C21H24FN7O3. The Labute approximate surface area is 184 Å². The lowest BCUT2D eigenvalue weighted by Crippen LogP contribution is -2.38. The number of nitriles is 1. The molecule has 5 N–H and O–H groups in total. The van der Waals surface area contributed by atoms with E-state index in [0.717, 1.165) is 0 Å². The number of aromatic nitrogens is 2. The number of halogens is 1. The van der Waals surface area contributed by atoms with Crippen LogP contribution in [0.25, 0.3) is 5.70 Å². The van der Waals surface area contributed by atoms with Crippen molar-refractivity contribution in [1.29, 1.82) is 5.26 Å². The summed E-state index contributed by atoms with van der Waals surface area (Å²) in [6, 6.07) is 5.88. The van der Waals surface area contributed by atoms with Crippen LogP contribution in [0.3, 0.4) is 0 Å². The third kappa shape index (κ3) is 4.35. The van der Waals surface area contributed by atoms with Gasteiger partial charge in [0.25, 0.3) is 0 Å². The van der Waals surface area contributed by atoms with Crippen LogP contribution in [0.2, 0.25) is 0 Å². The van der Waals surface area contributed by atoms with Crippen LogP contribution in [0, 0.1) is 17.1 Å². The standard InChI is InChI=1S/C21H24FN7O3/c1-11(14-7-12(22)5-6-13(14)21(30)31-4)32-18-8-15(26-27-20(18)24)19-16(10-25-2)28-29(3)17(19)9-23/h5-8,11,25-27H,10,24H2,1-4H3/t11-/m1/s1. The molecule has 1 aromatic heterocycles. The maximum atomic E-state index is 13.9. The Balaban J connectivity index is 1.98. The highest BCUT2D eigenvalue weighted by Gasteiger charge is 2.25. The van der Waals surface area contributed by atoms with Gasteiger partial charge in [-0.05, 0) is 32.2 Å². The molecule has 1 aliphatic rings. The second-order valence-electron chi connectivity index (χ2n) is 7.01. The number of hydrogen-bond acceptors (Lipinski definition) is 9. The first-order valence-electron chi connectivity index (χ1n) is 9.69. The van der Waals surface area contributed by atoms with E-state index in [4.69, 9.17) is 15.2 Å². The van der Waals surface area contributed by atoms with Crippen molar-refractivity contribution in [3.63, 3.8) is 0 Å². The van der Waals surface area contributed by atoms with E-state index in [1.807, 2.05) is 0 Å². The fraction of sp³-hybridized carbons (Fsp3) is 0.286. The molecule has 168 valence electrons. The highest BCUT2D eigenvalue weighted by Crippen LogP contribution is 2.29. The minimum absolute atomic E-state index is 0.175. The molecule has 0 amide bonds. The Bertz CT molecular complexity index is 1150. The number of benzene rings is 1. The number of hydrazine groups is 1. The quantitative estimate of drug-likeness (QED) is 0.468. The van der Waals surface area contributed by atoms with Gasteiger partial charge in [0.1, 0.15) is 23.7 Å². The Hall–Kier alpha value is -4.04. The van der Waals surface area contributed by atoms with E-state index in [2.05, 4.69) is 27.3 Å². The summed E-state index contributed by atoms with van der Waals surface area (Å²) in [5, 5.41) is 17.0. The fourth-order valence-electron chi connectivity index (χ4n) is 3.38. The van der Waals surface area contributed by atoms with Crippen molar-refractivity contribution >= 4 is 11.7 Å². The van der Waals surface area contributed by atoms with E-state index in [1.165, 1.54) is 30.0 Å².